The second-order valence-electron chi connectivity index (χ2n) is 3.40. The van der Waals surface area contributed by atoms with Crippen LogP contribution in [-0.2, 0) is 0 Å². The normalized spacial score (nSPS) is 10.3. The molecule has 0 bridgehead atoms. The Balaban J connectivity index is 2.81. The molecule has 18 heavy (non-hydrogen) atoms. The van der Waals surface area contributed by atoms with Gasteiger partial charge in [0.1, 0.15) is 9.26 Å². The maximum Gasteiger partial charge on any atom is 0.353 e. The smallest absolute Gasteiger partial charge is 0.353 e. The van der Waals surface area contributed by atoms with E-state index in [2.05, 4.69) is 4.98 Å². The molecule has 0 spiro atoms. The number of halogens is 1. The molecule has 0 saturated carbocycles. The first-order valence-corrected chi connectivity index (χ1v) is 5.94. The van der Waals surface area contributed by atoms with Crippen molar-refractivity contribution >= 4 is 28.6 Å². The van der Waals surface area contributed by atoms with Crippen LogP contribution in [0.5, 0.6) is 0 Å². The third-order valence-electron chi connectivity index (χ3n) is 2.27. The molecule has 0 aliphatic rings. The van der Waals surface area contributed by atoms with Gasteiger partial charge in [0.15, 0.2) is 0 Å². The van der Waals surface area contributed by atoms with E-state index in [9.17, 15) is 14.4 Å². The van der Waals surface area contributed by atoms with E-state index >= 15 is 0 Å². The molecule has 0 aliphatic carbocycles. The second kappa shape index (κ2) is 4.77. The number of aromatic carboxylic acids is 1. The first-order valence-electron chi connectivity index (χ1n) is 4.86. The molecule has 2 N–H and O–H groups in total. The summed E-state index contributed by atoms with van der Waals surface area (Å²) in [6, 6.07) is 8.29. The van der Waals surface area contributed by atoms with Gasteiger partial charge in [0.25, 0.3) is 5.56 Å². The number of carboxylic acids is 1. The van der Waals surface area contributed by atoms with Crippen molar-refractivity contribution in [2.24, 2.45) is 0 Å². The summed E-state index contributed by atoms with van der Waals surface area (Å²) in [6.45, 7) is 0. The molecule has 1 heterocycles. The van der Waals surface area contributed by atoms with E-state index in [4.69, 9.17) is 5.11 Å². The van der Waals surface area contributed by atoms with Crippen LogP contribution >= 0.6 is 22.6 Å². The molecule has 0 unspecified atom stereocenters. The van der Waals surface area contributed by atoms with Crippen molar-refractivity contribution in [3.05, 3.63) is 60.4 Å². The number of nitrogens with zero attached hydrogens (tertiary/aromatic N) is 1. The van der Waals surface area contributed by atoms with Gasteiger partial charge in [0.05, 0.1) is 5.69 Å². The quantitative estimate of drug-likeness (QED) is 0.778. The molecule has 0 saturated heterocycles. The number of benzene rings is 1. The van der Waals surface area contributed by atoms with Crippen LogP contribution in [0.4, 0.5) is 0 Å². The average Bonchev–Trinajstić information content (AvgIpc) is 2.35. The standard InChI is InChI=1S/C11H7IN2O4/c12-7-8(10(16)17)13-11(18)14(9(7)15)6-4-2-1-3-5-6/h1-5H,(H,13,18)(H,16,17). The van der Waals surface area contributed by atoms with Crippen molar-refractivity contribution in [2.45, 2.75) is 0 Å². The van der Waals surface area contributed by atoms with E-state index in [0.29, 0.717) is 5.69 Å². The third-order valence-corrected chi connectivity index (χ3v) is 3.27. The molecule has 0 fully saturated rings. The van der Waals surface area contributed by atoms with Crippen LogP contribution in [0.25, 0.3) is 5.69 Å². The predicted octanol–water partition coefficient (Wildman–Crippen LogP) is 0.829. The lowest BCUT2D eigenvalue weighted by Crippen LogP contribution is -2.37. The molecule has 0 amide bonds. The molecule has 1 aromatic heterocycles. The predicted molar refractivity (Wildman–Crippen MR) is 72.3 cm³/mol. The number of para-hydroxylation sites is 1. The Morgan fingerprint density at radius 2 is 1.83 bits per heavy atom. The Morgan fingerprint density at radius 1 is 1.22 bits per heavy atom. The molecule has 6 nitrogen and oxygen atoms in total. The van der Waals surface area contributed by atoms with E-state index in [1.54, 1.807) is 52.9 Å². The SMILES string of the molecule is O=C(O)c1[nH]c(=O)n(-c2ccccc2)c(=O)c1I. The maximum absolute atomic E-state index is 12.0. The van der Waals surface area contributed by atoms with Crippen LogP contribution in [-0.4, -0.2) is 20.6 Å². The minimum absolute atomic E-state index is 0.0384. The molecule has 2 rings (SSSR count). The fraction of sp³-hybridized carbons (Fsp3) is 0. The van der Waals surface area contributed by atoms with E-state index < -0.39 is 22.9 Å². The van der Waals surface area contributed by atoms with E-state index in [1.165, 1.54) is 0 Å². The van der Waals surface area contributed by atoms with Crippen LogP contribution in [0.2, 0.25) is 0 Å². The average molecular weight is 358 g/mol. The van der Waals surface area contributed by atoms with Gasteiger partial charge in [0.2, 0.25) is 0 Å². The molecule has 92 valence electrons. The highest BCUT2D eigenvalue weighted by molar-refractivity contribution is 14.1. The summed E-state index contributed by atoms with van der Waals surface area (Å²) in [5.74, 6) is -1.34. The van der Waals surface area contributed by atoms with Crippen molar-refractivity contribution in [3.8, 4) is 5.69 Å². The number of aromatic amines is 1. The number of hydrogen-bond acceptors (Lipinski definition) is 3. The molecular weight excluding hydrogens is 351 g/mol. The summed E-state index contributed by atoms with van der Waals surface area (Å²) in [4.78, 5) is 36.8. The van der Waals surface area contributed by atoms with Crippen LogP contribution in [0.1, 0.15) is 10.5 Å². The molecule has 0 atom stereocenters. The van der Waals surface area contributed by atoms with Gasteiger partial charge in [-0.3, -0.25) is 9.78 Å². The number of carbonyl (C=O) groups is 1. The number of carboxylic acid groups (broad SMARTS) is 1. The van der Waals surface area contributed by atoms with Crippen molar-refractivity contribution < 1.29 is 9.90 Å². The lowest BCUT2D eigenvalue weighted by Gasteiger charge is -2.06. The van der Waals surface area contributed by atoms with Crippen LogP contribution in [0.15, 0.2) is 39.9 Å². The minimum atomic E-state index is -1.34. The first-order chi connectivity index (χ1) is 8.52. The van der Waals surface area contributed by atoms with Crippen LogP contribution in [0, 0.1) is 3.57 Å². The van der Waals surface area contributed by atoms with Gasteiger partial charge in [-0.25, -0.2) is 14.2 Å². The highest BCUT2D eigenvalue weighted by Crippen LogP contribution is 2.05. The fourth-order valence-corrected chi connectivity index (χ4v) is 2.08. The van der Waals surface area contributed by atoms with Gasteiger partial charge in [-0.05, 0) is 34.7 Å². The summed E-state index contributed by atoms with van der Waals surface area (Å²) in [5, 5.41) is 8.85. The Bertz CT molecular complexity index is 718. The zero-order valence-corrected chi connectivity index (χ0v) is 11.0. The Morgan fingerprint density at radius 3 is 2.39 bits per heavy atom. The van der Waals surface area contributed by atoms with Gasteiger partial charge in [-0.15, -0.1) is 0 Å². The summed E-state index contributed by atoms with van der Waals surface area (Å²) >= 11 is 1.60. The van der Waals surface area contributed by atoms with Crippen molar-refractivity contribution in [1.82, 2.24) is 9.55 Å². The van der Waals surface area contributed by atoms with Crippen molar-refractivity contribution in [1.29, 1.82) is 0 Å². The van der Waals surface area contributed by atoms with Crippen LogP contribution in [0.3, 0.4) is 0 Å². The second-order valence-corrected chi connectivity index (χ2v) is 4.48. The summed E-state index contributed by atoms with van der Waals surface area (Å²) in [6.07, 6.45) is 0. The van der Waals surface area contributed by atoms with Gasteiger partial charge < -0.3 is 5.11 Å². The Kier molecular flexibility index (Phi) is 3.32. The number of rotatable bonds is 2. The lowest BCUT2D eigenvalue weighted by molar-refractivity contribution is 0.0688. The molecular formula is C11H7IN2O4. The third kappa shape index (κ3) is 2.08. The number of aromatic nitrogens is 2. The van der Waals surface area contributed by atoms with E-state index in [0.717, 1.165) is 4.57 Å². The van der Waals surface area contributed by atoms with Crippen molar-refractivity contribution in [2.75, 3.05) is 0 Å². The van der Waals surface area contributed by atoms with Crippen molar-refractivity contribution in [3.63, 3.8) is 0 Å². The Labute approximate surface area is 114 Å². The minimum Gasteiger partial charge on any atom is -0.477 e. The highest BCUT2D eigenvalue weighted by Gasteiger charge is 2.17. The van der Waals surface area contributed by atoms with E-state index in [1.807, 2.05) is 0 Å². The molecule has 2 aromatic rings. The van der Waals surface area contributed by atoms with Gasteiger partial charge in [-0.1, -0.05) is 18.2 Å². The fourth-order valence-electron chi connectivity index (χ4n) is 1.47. The molecule has 0 aliphatic heterocycles. The zero-order chi connectivity index (χ0) is 13.3. The van der Waals surface area contributed by atoms with Gasteiger partial charge in [-0.2, -0.15) is 0 Å². The van der Waals surface area contributed by atoms with Gasteiger partial charge in [0, 0.05) is 0 Å². The highest BCUT2D eigenvalue weighted by atomic mass is 127. The summed E-state index contributed by atoms with van der Waals surface area (Å²) in [7, 11) is 0. The number of H-pyrrole nitrogens is 1. The van der Waals surface area contributed by atoms with Gasteiger partial charge >= 0.3 is 11.7 Å². The number of hydrogen-bond donors (Lipinski definition) is 2. The zero-order valence-electron chi connectivity index (χ0n) is 8.88. The monoisotopic (exact) mass is 358 g/mol. The first kappa shape index (κ1) is 12.6. The largest absolute Gasteiger partial charge is 0.477 e. The van der Waals surface area contributed by atoms with Crippen LogP contribution < -0.4 is 11.2 Å². The maximum atomic E-state index is 12.0. The molecule has 1 aromatic carbocycles. The number of nitrogens with one attached hydrogen (secondary N) is 1. The summed E-state index contributed by atoms with van der Waals surface area (Å²) in [5.41, 5.74) is -1.43. The molecule has 0 radical (unpaired) electrons. The lowest BCUT2D eigenvalue weighted by atomic mass is 10.3. The summed E-state index contributed by atoms with van der Waals surface area (Å²) < 4.78 is 0.859. The Hall–Kier alpha value is -1.90. The molecule has 7 heteroatoms. The topological polar surface area (TPSA) is 92.2 Å². The van der Waals surface area contributed by atoms with E-state index in [-0.39, 0.29) is 3.57 Å².